The zero-order chi connectivity index (χ0) is 11.4. The average molecular weight is 219 g/mol. The van der Waals surface area contributed by atoms with Crippen molar-refractivity contribution in [1.29, 1.82) is 0 Å². The van der Waals surface area contributed by atoms with E-state index in [0.717, 1.165) is 32.7 Å². The fraction of sp³-hybridized carbons (Fsp3) is 0.571. The van der Waals surface area contributed by atoms with E-state index in [1.165, 1.54) is 11.1 Å². The predicted octanol–water partition coefficient (Wildman–Crippen LogP) is 2.16. The van der Waals surface area contributed by atoms with Gasteiger partial charge in [0.2, 0.25) is 0 Å². The molecule has 1 aliphatic rings. The Kier molecular flexibility index (Phi) is 3.62. The Hall–Kier alpha value is -0.860. The van der Waals surface area contributed by atoms with E-state index < -0.39 is 0 Å². The molecule has 0 aliphatic carbocycles. The van der Waals surface area contributed by atoms with E-state index in [-0.39, 0.29) is 5.41 Å². The van der Waals surface area contributed by atoms with Gasteiger partial charge in [-0.05, 0) is 18.9 Å². The van der Waals surface area contributed by atoms with Gasteiger partial charge >= 0.3 is 0 Å². The molecule has 0 aromatic heterocycles. The SMILES string of the molecule is Cc1cccc(CC2(C)CNCCOC2)c1. The summed E-state index contributed by atoms with van der Waals surface area (Å²) >= 11 is 0. The third-order valence-corrected chi connectivity index (χ3v) is 3.14. The molecular formula is C14H21NO. The summed E-state index contributed by atoms with van der Waals surface area (Å²) in [7, 11) is 0. The van der Waals surface area contributed by atoms with Gasteiger partial charge in [0.1, 0.15) is 0 Å². The molecule has 1 heterocycles. The van der Waals surface area contributed by atoms with Crippen molar-refractivity contribution in [3.8, 4) is 0 Å². The van der Waals surface area contributed by atoms with Crippen LogP contribution < -0.4 is 5.32 Å². The number of hydrogen-bond acceptors (Lipinski definition) is 2. The van der Waals surface area contributed by atoms with Gasteiger partial charge in [-0.1, -0.05) is 36.8 Å². The van der Waals surface area contributed by atoms with Crippen LogP contribution in [0.5, 0.6) is 0 Å². The van der Waals surface area contributed by atoms with Gasteiger partial charge in [0.05, 0.1) is 13.2 Å². The van der Waals surface area contributed by atoms with Crippen LogP contribution in [-0.4, -0.2) is 26.3 Å². The lowest BCUT2D eigenvalue weighted by molar-refractivity contribution is 0.0796. The zero-order valence-corrected chi connectivity index (χ0v) is 10.3. The Balaban J connectivity index is 2.06. The average Bonchev–Trinajstić information content (AvgIpc) is 2.43. The van der Waals surface area contributed by atoms with Crippen LogP contribution in [0.15, 0.2) is 24.3 Å². The molecule has 16 heavy (non-hydrogen) atoms. The highest BCUT2D eigenvalue weighted by molar-refractivity contribution is 5.23. The second kappa shape index (κ2) is 4.98. The first-order valence-corrected chi connectivity index (χ1v) is 6.02. The van der Waals surface area contributed by atoms with Gasteiger partial charge in [-0.15, -0.1) is 0 Å². The molecule has 1 aliphatic heterocycles. The first kappa shape index (κ1) is 11.6. The maximum atomic E-state index is 5.65. The van der Waals surface area contributed by atoms with E-state index in [9.17, 15) is 0 Å². The summed E-state index contributed by atoms with van der Waals surface area (Å²) in [5.74, 6) is 0. The molecule has 0 radical (unpaired) electrons. The largest absolute Gasteiger partial charge is 0.380 e. The van der Waals surface area contributed by atoms with Crippen LogP contribution in [0.4, 0.5) is 0 Å². The van der Waals surface area contributed by atoms with Gasteiger partial charge < -0.3 is 10.1 Å². The molecule has 1 aromatic rings. The minimum Gasteiger partial charge on any atom is -0.380 e. The lowest BCUT2D eigenvalue weighted by atomic mass is 9.84. The summed E-state index contributed by atoms with van der Waals surface area (Å²) in [6.07, 6.45) is 1.08. The van der Waals surface area contributed by atoms with E-state index in [1.807, 2.05) is 0 Å². The molecular weight excluding hydrogens is 198 g/mol. The molecule has 1 fully saturated rings. The second-order valence-corrected chi connectivity index (χ2v) is 5.21. The van der Waals surface area contributed by atoms with Crippen molar-refractivity contribution < 1.29 is 4.74 Å². The first-order chi connectivity index (χ1) is 7.68. The molecule has 0 saturated carbocycles. The zero-order valence-electron chi connectivity index (χ0n) is 10.3. The molecule has 1 saturated heterocycles. The maximum Gasteiger partial charge on any atom is 0.0591 e. The molecule has 0 spiro atoms. The molecule has 1 N–H and O–H groups in total. The fourth-order valence-electron chi connectivity index (χ4n) is 2.33. The topological polar surface area (TPSA) is 21.3 Å². The summed E-state index contributed by atoms with van der Waals surface area (Å²) in [4.78, 5) is 0. The monoisotopic (exact) mass is 219 g/mol. The van der Waals surface area contributed by atoms with Gasteiger partial charge in [-0.25, -0.2) is 0 Å². The summed E-state index contributed by atoms with van der Waals surface area (Å²) in [6, 6.07) is 8.77. The third-order valence-electron chi connectivity index (χ3n) is 3.14. The maximum absolute atomic E-state index is 5.65. The van der Waals surface area contributed by atoms with Crippen molar-refractivity contribution in [2.45, 2.75) is 20.3 Å². The minimum atomic E-state index is 0.226. The van der Waals surface area contributed by atoms with E-state index >= 15 is 0 Å². The Bertz CT molecular complexity index is 340. The van der Waals surface area contributed by atoms with E-state index in [1.54, 1.807) is 0 Å². The summed E-state index contributed by atoms with van der Waals surface area (Å²) in [5.41, 5.74) is 2.97. The quantitative estimate of drug-likeness (QED) is 0.823. The van der Waals surface area contributed by atoms with Crippen LogP contribution in [0, 0.1) is 12.3 Å². The minimum absolute atomic E-state index is 0.226. The van der Waals surface area contributed by atoms with Crippen LogP contribution in [0.25, 0.3) is 0 Å². The summed E-state index contributed by atoms with van der Waals surface area (Å²) < 4.78 is 5.65. The highest BCUT2D eigenvalue weighted by Gasteiger charge is 2.26. The summed E-state index contributed by atoms with van der Waals surface area (Å²) in [6.45, 7) is 8.16. The van der Waals surface area contributed by atoms with Crippen molar-refractivity contribution in [2.24, 2.45) is 5.41 Å². The predicted molar refractivity (Wildman–Crippen MR) is 66.7 cm³/mol. The normalized spacial score (nSPS) is 26.4. The van der Waals surface area contributed by atoms with Crippen molar-refractivity contribution in [1.82, 2.24) is 5.32 Å². The molecule has 2 heteroatoms. The number of aryl methyl sites for hydroxylation is 1. The van der Waals surface area contributed by atoms with Crippen molar-refractivity contribution in [3.05, 3.63) is 35.4 Å². The van der Waals surface area contributed by atoms with E-state index in [4.69, 9.17) is 4.74 Å². The van der Waals surface area contributed by atoms with Crippen LogP contribution in [0.2, 0.25) is 0 Å². The van der Waals surface area contributed by atoms with Crippen molar-refractivity contribution in [2.75, 3.05) is 26.3 Å². The van der Waals surface area contributed by atoms with Crippen LogP contribution >= 0.6 is 0 Å². The number of ether oxygens (including phenoxy) is 1. The molecule has 0 amide bonds. The molecule has 2 rings (SSSR count). The van der Waals surface area contributed by atoms with Gasteiger partial charge in [0.15, 0.2) is 0 Å². The number of nitrogens with one attached hydrogen (secondary N) is 1. The molecule has 2 nitrogen and oxygen atoms in total. The van der Waals surface area contributed by atoms with Crippen LogP contribution in [-0.2, 0) is 11.2 Å². The highest BCUT2D eigenvalue weighted by Crippen LogP contribution is 2.24. The Labute approximate surface area is 98.0 Å². The molecule has 1 atom stereocenters. The van der Waals surface area contributed by atoms with Gasteiger partial charge in [0.25, 0.3) is 0 Å². The second-order valence-electron chi connectivity index (χ2n) is 5.21. The summed E-state index contributed by atoms with van der Waals surface area (Å²) in [5, 5.41) is 3.45. The Morgan fingerprint density at radius 2 is 2.31 bits per heavy atom. The highest BCUT2D eigenvalue weighted by atomic mass is 16.5. The van der Waals surface area contributed by atoms with Gasteiger partial charge in [-0.2, -0.15) is 0 Å². The number of benzene rings is 1. The van der Waals surface area contributed by atoms with Gasteiger partial charge in [0, 0.05) is 18.5 Å². The standard InChI is InChI=1S/C14H21NO/c1-12-4-3-5-13(8-12)9-14(2)10-15-6-7-16-11-14/h3-5,8,15H,6-7,9-11H2,1-2H3. The number of rotatable bonds is 2. The first-order valence-electron chi connectivity index (χ1n) is 6.02. The van der Waals surface area contributed by atoms with E-state index in [2.05, 4.69) is 43.4 Å². The molecule has 1 unspecified atom stereocenters. The van der Waals surface area contributed by atoms with Crippen molar-refractivity contribution in [3.63, 3.8) is 0 Å². The lowest BCUT2D eigenvalue weighted by Crippen LogP contribution is -2.34. The Morgan fingerprint density at radius 1 is 1.44 bits per heavy atom. The van der Waals surface area contributed by atoms with Gasteiger partial charge in [-0.3, -0.25) is 0 Å². The Morgan fingerprint density at radius 3 is 3.12 bits per heavy atom. The third kappa shape index (κ3) is 3.06. The fourth-order valence-corrected chi connectivity index (χ4v) is 2.33. The van der Waals surface area contributed by atoms with Crippen molar-refractivity contribution >= 4 is 0 Å². The molecule has 88 valence electrons. The number of hydrogen-bond donors (Lipinski definition) is 1. The smallest absolute Gasteiger partial charge is 0.0591 e. The molecule has 0 bridgehead atoms. The van der Waals surface area contributed by atoms with Crippen LogP contribution in [0.3, 0.4) is 0 Å². The van der Waals surface area contributed by atoms with E-state index in [0.29, 0.717) is 0 Å². The lowest BCUT2D eigenvalue weighted by Gasteiger charge is -2.27. The van der Waals surface area contributed by atoms with Crippen LogP contribution in [0.1, 0.15) is 18.1 Å². The molecule has 1 aromatic carbocycles.